The summed E-state index contributed by atoms with van der Waals surface area (Å²) in [7, 11) is -3.87. The molecule has 1 amide bonds. The van der Waals surface area contributed by atoms with E-state index < -0.39 is 16.1 Å². The number of anilines is 1. The SMILES string of the molecule is Cc1ccc(Cl)cc1N1CCN(C(=O)[C@@H]2CCCN2S(=O)(=O)c2cccc3nsnc23)CC1. The second kappa shape index (κ2) is 8.83. The van der Waals surface area contributed by atoms with Crippen LogP contribution >= 0.6 is 23.3 Å². The molecule has 2 aliphatic heterocycles. The van der Waals surface area contributed by atoms with Gasteiger partial charge in [0, 0.05) is 43.4 Å². The molecule has 3 heterocycles. The van der Waals surface area contributed by atoms with Gasteiger partial charge in [-0.1, -0.05) is 23.7 Å². The molecule has 11 heteroatoms. The van der Waals surface area contributed by atoms with Crippen molar-refractivity contribution >= 4 is 56.0 Å². The van der Waals surface area contributed by atoms with Crippen LogP contribution < -0.4 is 4.90 Å². The number of hydrogen-bond acceptors (Lipinski definition) is 7. The summed E-state index contributed by atoms with van der Waals surface area (Å²) in [4.78, 5) is 17.6. The van der Waals surface area contributed by atoms with Crippen molar-refractivity contribution in [2.75, 3.05) is 37.6 Å². The van der Waals surface area contributed by atoms with Crippen LogP contribution in [0.3, 0.4) is 0 Å². The Hall–Kier alpha value is -2.27. The third-order valence-electron chi connectivity index (χ3n) is 6.43. The minimum Gasteiger partial charge on any atom is -0.368 e. The Balaban J connectivity index is 1.33. The first-order valence-electron chi connectivity index (χ1n) is 10.9. The summed E-state index contributed by atoms with van der Waals surface area (Å²) in [6.07, 6.45) is 1.18. The van der Waals surface area contributed by atoms with E-state index in [0.29, 0.717) is 61.6 Å². The summed E-state index contributed by atoms with van der Waals surface area (Å²) in [5, 5.41) is 0.686. The smallest absolute Gasteiger partial charge is 0.246 e. The van der Waals surface area contributed by atoms with Crippen LogP contribution in [0.4, 0.5) is 5.69 Å². The summed E-state index contributed by atoms with van der Waals surface area (Å²) in [5.74, 6) is -0.123. The highest BCUT2D eigenvalue weighted by Gasteiger charge is 2.42. The Morgan fingerprint density at radius 3 is 2.67 bits per heavy atom. The lowest BCUT2D eigenvalue weighted by Gasteiger charge is -2.38. The number of amides is 1. The number of carbonyl (C=O) groups is 1. The molecule has 5 rings (SSSR count). The van der Waals surface area contributed by atoms with Gasteiger partial charge in [-0.3, -0.25) is 4.79 Å². The highest BCUT2D eigenvalue weighted by molar-refractivity contribution is 7.89. The lowest BCUT2D eigenvalue weighted by Crippen LogP contribution is -2.54. The monoisotopic (exact) mass is 505 g/mol. The minimum absolute atomic E-state index is 0.120. The highest BCUT2D eigenvalue weighted by Crippen LogP contribution is 2.31. The number of piperazine rings is 1. The maximum Gasteiger partial charge on any atom is 0.246 e. The molecule has 1 atom stereocenters. The summed E-state index contributed by atoms with van der Waals surface area (Å²) in [6.45, 7) is 4.81. The number of carbonyl (C=O) groups excluding carboxylic acids is 1. The molecule has 8 nitrogen and oxygen atoms in total. The average molecular weight is 506 g/mol. The van der Waals surface area contributed by atoms with Crippen LogP contribution in [0.15, 0.2) is 41.3 Å². The third-order valence-corrected chi connectivity index (χ3v) is 9.15. The van der Waals surface area contributed by atoms with Gasteiger partial charge in [0.1, 0.15) is 22.0 Å². The van der Waals surface area contributed by atoms with Crippen LogP contribution in [0.5, 0.6) is 0 Å². The van der Waals surface area contributed by atoms with Gasteiger partial charge in [-0.2, -0.15) is 13.1 Å². The average Bonchev–Trinajstić information content (AvgIpc) is 3.50. The zero-order valence-electron chi connectivity index (χ0n) is 18.1. The van der Waals surface area contributed by atoms with Crippen molar-refractivity contribution in [1.82, 2.24) is 18.0 Å². The largest absolute Gasteiger partial charge is 0.368 e. The molecule has 0 radical (unpaired) electrons. The van der Waals surface area contributed by atoms with E-state index >= 15 is 0 Å². The third kappa shape index (κ3) is 4.09. The Morgan fingerprint density at radius 2 is 1.88 bits per heavy atom. The lowest BCUT2D eigenvalue weighted by atomic mass is 10.1. The lowest BCUT2D eigenvalue weighted by molar-refractivity contribution is -0.134. The molecule has 0 N–H and O–H groups in total. The van der Waals surface area contributed by atoms with E-state index in [9.17, 15) is 13.2 Å². The molecule has 2 saturated heterocycles. The molecule has 2 aliphatic rings. The van der Waals surface area contributed by atoms with Crippen molar-refractivity contribution in [3.63, 3.8) is 0 Å². The van der Waals surface area contributed by atoms with Crippen LogP contribution in [0, 0.1) is 6.92 Å². The normalized spacial score (nSPS) is 20.0. The fourth-order valence-electron chi connectivity index (χ4n) is 4.69. The van der Waals surface area contributed by atoms with Crippen LogP contribution in [0.2, 0.25) is 5.02 Å². The highest BCUT2D eigenvalue weighted by atomic mass is 35.5. The number of aromatic nitrogens is 2. The molecule has 3 aromatic rings. The second-order valence-electron chi connectivity index (χ2n) is 8.41. The maximum atomic E-state index is 13.5. The van der Waals surface area contributed by atoms with Gasteiger partial charge in [0.05, 0.1) is 11.7 Å². The van der Waals surface area contributed by atoms with Crippen molar-refractivity contribution in [2.45, 2.75) is 30.7 Å². The standard InChI is InChI=1S/C22H24ClN5O3S2/c1-15-7-8-16(23)14-19(15)26-10-12-27(13-11-26)22(29)18-5-3-9-28(18)33(30,31)20-6-2-4-17-21(20)25-32-24-17/h2,4,6-8,14,18H,3,5,9-13H2,1H3/t18-/m0/s1. The van der Waals surface area contributed by atoms with E-state index in [2.05, 4.69) is 13.6 Å². The minimum atomic E-state index is -3.87. The Morgan fingerprint density at radius 1 is 1.09 bits per heavy atom. The first-order valence-corrected chi connectivity index (χ1v) is 13.4. The number of sulfonamides is 1. The number of aryl methyl sites for hydroxylation is 1. The van der Waals surface area contributed by atoms with E-state index in [1.54, 1.807) is 23.1 Å². The van der Waals surface area contributed by atoms with Crippen molar-refractivity contribution in [2.24, 2.45) is 0 Å². The first-order chi connectivity index (χ1) is 15.9. The molecule has 1 aromatic heterocycles. The number of benzene rings is 2. The quantitative estimate of drug-likeness (QED) is 0.541. The zero-order valence-corrected chi connectivity index (χ0v) is 20.5. The summed E-state index contributed by atoms with van der Waals surface area (Å²) in [5.41, 5.74) is 3.13. The van der Waals surface area contributed by atoms with Gasteiger partial charge in [0.15, 0.2) is 0 Å². The molecule has 0 aliphatic carbocycles. The van der Waals surface area contributed by atoms with Crippen LogP contribution in [0.25, 0.3) is 11.0 Å². The Bertz CT molecular complexity index is 1300. The Kier molecular flexibility index (Phi) is 6.02. The maximum absolute atomic E-state index is 13.5. The summed E-state index contributed by atoms with van der Waals surface area (Å²) < 4.78 is 36.7. The van der Waals surface area contributed by atoms with Crippen molar-refractivity contribution in [3.05, 3.63) is 47.0 Å². The number of nitrogens with zero attached hydrogens (tertiary/aromatic N) is 5. The first kappa shape index (κ1) is 22.5. The van der Waals surface area contributed by atoms with E-state index in [0.717, 1.165) is 23.0 Å². The summed E-state index contributed by atoms with van der Waals surface area (Å²) in [6, 6.07) is 10.1. The van der Waals surface area contributed by atoms with Crippen LogP contribution in [0.1, 0.15) is 18.4 Å². The van der Waals surface area contributed by atoms with Crippen molar-refractivity contribution in [1.29, 1.82) is 0 Å². The van der Waals surface area contributed by atoms with Gasteiger partial charge in [0.2, 0.25) is 15.9 Å². The fraction of sp³-hybridized carbons (Fsp3) is 0.409. The number of fused-ring (bicyclic) bond motifs is 1. The molecule has 0 spiro atoms. The van der Waals surface area contributed by atoms with E-state index in [-0.39, 0.29) is 10.8 Å². The molecule has 174 valence electrons. The molecule has 0 saturated carbocycles. The molecule has 0 bridgehead atoms. The Labute approximate surface area is 202 Å². The molecular weight excluding hydrogens is 482 g/mol. The molecule has 2 aromatic carbocycles. The van der Waals surface area contributed by atoms with Gasteiger partial charge < -0.3 is 9.80 Å². The topological polar surface area (TPSA) is 86.7 Å². The predicted molar refractivity (Wildman–Crippen MR) is 129 cm³/mol. The second-order valence-corrected chi connectivity index (χ2v) is 11.2. The number of halogens is 1. The molecule has 2 fully saturated rings. The van der Waals surface area contributed by atoms with Crippen molar-refractivity contribution < 1.29 is 13.2 Å². The van der Waals surface area contributed by atoms with Gasteiger partial charge in [0.25, 0.3) is 0 Å². The summed E-state index contributed by atoms with van der Waals surface area (Å²) >= 11 is 7.16. The molecule has 0 unspecified atom stereocenters. The van der Waals surface area contributed by atoms with Crippen molar-refractivity contribution in [3.8, 4) is 0 Å². The molecular formula is C22H24ClN5O3S2. The molecule has 33 heavy (non-hydrogen) atoms. The van der Waals surface area contributed by atoms with Gasteiger partial charge >= 0.3 is 0 Å². The van der Waals surface area contributed by atoms with E-state index in [4.69, 9.17) is 11.6 Å². The number of rotatable bonds is 4. The van der Waals surface area contributed by atoms with Gasteiger partial charge in [-0.15, -0.1) is 0 Å². The van der Waals surface area contributed by atoms with Gasteiger partial charge in [-0.25, -0.2) is 8.42 Å². The fourth-order valence-corrected chi connectivity index (χ4v) is 7.26. The predicted octanol–water partition coefficient (Wildman–Crippen LogP) is 3.16. The van der Waals surface area contributed by atoms with Crippen LogP contribution in [-0.2, 0) is 14.8 Å². The number of hydrogen-bond donors (Lipinski definition) is 0. The van der Waals surface area contributed by atoms with Gasteiger partial charge in [-0.05, 0) is 49.6 Å². The van der Waals surface area contributed by atoms with E-state index in [1.807, 2.05) is 25.1 Å². The zero-order chi connectivity index (χ0) is 23.2. The van der Waals surface area contributed by atoms with Crippen LogP contribution in [-0.4, -0.2) is 71.0 Å². The van der Waals surface area contributed by atoms with E-state index in [1.165, 1.54) is 4.31 Å².